The summed E-state index contributed by atoms with van der Waals surface area (Å²) in [4.78, 5) is 13.6. The molecule has 0 spiro atoms. The lowest BCUT2D eigenvalue weighted by Gasteiger charge is -2.15. The number of rotatable bonds is 4. The van der Waals surface area contributed by atoms with Crippen molar-refractivity contribution < 1.29 is 9.18 Å². The number of thioether (sulfide) groups is 1. The van der Waals surface area contributed by atoms with Crippen LogP contribution in [0.3, 0.4) is 0 Å². The maximum absolute atomic E-state index is 13.0. The number of benzene rings is 2. The van der Waals surface area contributed by atoms with Crippen LogP contribution in [0.1, 0.15) is 11.1 Å². The van der Waals surface area contributed by atoms with Gasteiger partial charge < -0.3 is 0 Å². The molecule has 0 bridgehead atoms. The lowest BCUT2D eigenvalue weighted by Crippen LogP contribution is -2.28. The number of carbonyl (C=O) groups is 1. The van der Waals surface area contributed by atoms with Crippen LogP contribution >= 0.6 is 11.8 Å². The number of halogens is 1. The molecule has 23 heavy (non-hydrogen) atoms. The molecule has 1 saturated heterocycles. The normalized spacial score (nSPS) is 16.7. The second-order valence-corrected chi connectivity index (χ2v) is 5.88. The monoisotopic (exact) mass is 327 g/mol. The molecule has 1 fully saturated rings. The standard InChI is InChI=1S/C17H14FN3OS/c18-15-8-6-14(7-9-15)11-21-16(22)12-23-17(21)20-19-10-13-4-2-1-3-5-13/h1-10H,11-12H2/b19-10+,20-17-. The summed E-state index contributed by atoms with van der Waals surface area (Å²) in [7, 11) is 0. The highest BCUT2D eigenvalue weighted by atomic mass is 32.2. The van der Waals surface area contributed by atoms with E-state index in [1.807, 2.05) is 30.3 Å². The van der Waals surface area contributed by atoms with Crippen molar-refractivity contribution in [2.75, 3.05) is 5.75 Å². The van der Waals surface area contributed by atoms with Crippen LogP contribution in [0, 0.1) is 5.82 Å². The Bertz CT molecular complexity index is 744. The highest BCUT2D eigenvalue weighted by molar-refractivity contribution is 8.15. The van der Waals surface area contributed by atoms with Gasteiger partial charge in [-0.2, -0.15) is 5.10 Å². The van der Waals surface area contributed by atoms with Crippen molar-refractivity contribution in [2.24, 2.45) is 10.2 Å². The van der Waals surface area contributed by atoms with E-state index >= 15 is 0 Å². The van der Waals surface area contributed by atoms with E-state index in [4.69, 9.17) is 0 Å². The third-order valence-corrected chi connectivity index (χ3v) is 4.21. The van der Waals surface area contributed by atoms with E-state index in [-0.39, 0.29) is 11.7 Å². The first-order valence-corrected chi connectivity index (χ1v) is 8.04. The van der Waals surface area contributed by atoms with Gasteiger partial charge in [-0.3, -0.25) is 9.69 Å². The largest absolute Gasteiger partial charge is 0.285 e. The van der Waals surface area contributed by atoms with E-state index in [1.54, 1.807) is 23.2 Å². The van der Waals surface area contributed by atoms with Gasteiger partial charge in [-0.1, -0.05) is 54.2 Å². The molecule has 0 atom stereocenters. The van der Waals surface area contributed by atoms with E-state index in [2.05, 4.69) is 10.2 Å². The molecule has 1 aliphatic heterocycles. The quantitative estimate of drug-likeness (QED) is 0.639. The van der Waals surface area contributed by atoms with Crippen molar-refractivity contribution >= 4 is 29.1 Å². The van der Waals surface area contributed by atoms with Crippen LogP contribution in [0.15, 0.2) is 64.8 Å². The molecule has 4 nitrogen and oxygen atoms in total. The zero-order chi connectivity index (χ0) is 16.1. The lowest BCUT2D eigenvalue weighted by atomic mass is 10.2. The van der Waals surface area contributed by atoms with E-state index in [1.165, 1.54) is 23.9 Å². The van der Waals surface area contributed by atoms with Gasteiger partial charge in [-0.05, 0) is 23.3 Å². The molecule has 116 valence electrons. The van der Waals surface area contributed by atoms with Gasteiger partial charge in [0.1, 0.15) is 5.82 Å². The van der Waals surface area contributed by atoms with Crippen LogP contribution < -0.4 is 0 Å². The van der Waals surface area contributed by atoms with Crippen LogP contribution in [0.5, 0.6) is 0 Å². The Morgan fingerprint density at radius 1 is 1.13 bits per heavy atom. The van der Waals surface area contributed by atoms with Gasteiger partial charge in [-0.25, -0.2) is 4.39 Å². The first-order valence-electron chi connectivity index (χ1n) is 7.06. The summed E-state index contributed by atoms with van der Waals surface area (Å²) in [5.74, 6) is 0.0335. The van der Waals surface area contributed by atoms with Crippen molar-refractivity contribution in [1.29, 1.82) is 0 Å². The molecule has 0 aliphatic carbocycles. The molecule has 0 unspecified atom stereocenters. The average Bonchev–Trinajstić information content (AvgIpc) is 2.91. The minimum Gasteiger partial charge on any atom is -0.285 e. The SMILES string of the molecule is O=C1CS/C(=N\N=C\c2ccccc2)N1Cc1ccc(F)cc1. The molecule has 2 aromatic rings. The van der Waals surface area contributed by atoms with E-state index in [0.29, 0.717) is 17.5 Å². The highest BCUT2D eigenvalue weighted by Gasteiger charge is 2.28. The summed E-state index contributed by atoms with van der Waals surface area (Å²) < 4.78 is 13.0. The number of amides is 1. The molecule has 3 rings (SSSR count). The van der Waals surface area contributed by atoms with E-state index in [0.717, 1.165) is 11.1 Å². The third kappa shape index (κ3) is 4.04. The molecule has 0 N–H and O–H groups in total. The summed E-state index contributed by atoms with van der Waals surface area (Å²) in [6.45, 7) is 0.367. The number of hydrogen-bond acceptors (Lipinski definition) is 4. The fraction of sp³-hybridized carbons (Fsp3) is 0.118. The molecule has 1 amide bonds. The predicted molar refractivity (Wildman–Crippen MR) is 90.9 cm³/mol. The van der Waals surface area contributed by atoms with Crippen molar-refractivity contribution in [3.8, 4) is 0 Å². The number of amidine groups is 1. The Labute approximate surface area is 137 Å². The second-order valence-electron chi connectivity index (χ2n) is 4.93. The van der Waals surface area contributed by atoms with Gasteiger partial charge >= 0.3 is 0 Å². The Morgan fingerprint density at radius 2 is 1.87 bits per heavy atom. The Balaban J connectivity index is 1.73. The topological polar surface area (TPSA) is 45.0 Å². The maximum Gasteiger partial charge on any atom is 0.239 e. The molecule has 2 aromatic carbocycles. The van der Waals surface area contributed by atoms with Gasteiger partial charge in [0.05, 0.1) is 18.5 Å². The third-order valence-electron chi connectivity index (χ3n) is 3.26. The van der Waals surface area contributed by atoms with Gasteiger partial charge in [-0.15, -0.1) is 5.10 Å². The van der Waals surface area contributed by atoms with Crippen LogP contribution in [0.2, 0.25) is 0 Å². The number of carbonyl (C=O) groups excluding carboxylic acids is 1. The minimum atomic E-state index is -0.294. The molecule has 1 heterocycles. The molecule has 6 heteroatoms. The molecule has 0 radical (unpaired) electrons. The van der Waals surface area contributed by atoms with Crippen LogP contribution in [0.4, 0.5) is 4.39 Å². The summed E-state index contributed by atoms with van der Waals surface area (Å²) >= 11 is 1.35. The van der Waals surface area contributed by atoms with Crippen molar-refractivity contribution in [3.05, 3.63) is 71.5 Å². The number of hydrogen-bond donors (Lipinski definition) is 0. The summed E-state index contributed by atoms with van der Waals surface area (Å²) in [5, 5.41) is 8.76. The van der Waals surface area contributed by atoms with Gasteiger partial charge in [0.25, 0.3) is 0 Å². The zero-order valence-corrected chi connectivity index (χ0v) is 13.0. The molecule has 0 saturated carbocycles. The zero-order valence-electron chi connectivity index (χ0n) is 12.2. The van der Waals surface area contributed by atoms with Gasteiger partial charge in [0.15, 0.2) is 5.17 Å². The molecule has 1 aliphatic rings. The minimum absolute atomic E-state index is 0.0204. The molecular weight excluding hydrogens is 313 g/mol. The van der Waals surface area contributed by atoms with Crippen molar-refractivity contribution in [3.63, 3.8) is 0 Å². The van der Waals surface area contributed by atoms with Crippen molar-refractivity contribution in [1.82, 2.24) is 4.90 Å². The summed E-state index contributed by atoms with van der Waals surface area (Å²) in [6, 6.07) is 15.7. The van der Waals surface area contributed by atoms with E-state index in [9.17, 15) is 9.18 Å². The fourth-order valence-electron chi connectivity index (χ4n) is 2.08. The molecular formula is C17H14FN3OS. The lowest BCUT2D eigenvalue weighted by molar-refractivity contribution is -0.124. The summed E-state index contributed by atoms with van der Waals surface area (Å²) in [5.41, 5.74) is 1.79. The second kappa shape index (κ2) is 7.19. The average molecular weight is 327 g/mol. The van der Waals surface area contributed by atoms with Gasteiger partial charge in [0, 0.05) is 0 Å². The Morgan fingerprint density at radius 3 is 2.61 bits per heavy atom. The van der Waals surface area contributed by atoms with Crippen LogP contribution in [0.25, 0.3) is 0 Å². The fourth-order valence-corrected chi connectivity index (χ4v) is 2.92. The predicted octanol–water partition coefficient (Wildman–Crippen LogP) is 3.29. The van der Waals surface area contributed by atoms with Crippen LogP contribution in [-0.4, -0.2) is 27.9 Å². The Kier molecular flexibility index (Phi) is 4.83. The molecule has 0 aromatic heterocycles. The summed E-state index contributed by atoms with van der Waals surface area (Å²) in [6.07, 6.45) is 1.65. The maximum atomic E-state index is 13.0. The first kappa shape index (κ1) is 15.4. The smallest absolute Gasteiger partial charge is 0.239 e. The Hall–Kier alpha value is -2.47. The highest BCUT2D eigenvalue weighted by Crippen LogP contribution is 2.22. The first-order chi connectivity index (χ1) is 11.2. The van der Waals surface area contributed by atoms with Gasteiger partial charge in [0.2, 0.25) is 5.91 Å². The van der Waals surface area contributed by atoms with Crippen LogP contribution in [-0.2, 0) is 11.3 Å². The number of nitrogens with zero attached hydrogens (tertiary/aromatic N) is 3. The van der Waals surface area contributed by atoms with E-state index < -0.39 is 0 Å². The van der Waals surface area contributed by atoms with Crippen molar-refractivity contribution in [2.45, 2.75) is 6.54 Å².